The SMILES string of the molecule is CC1(C)CC1(N)c1cc(-c2ccccc2)n[nH]1. The van der Waals surface area contributed by atoms with Crippen LogP contribution in [0.5, 0.6) is 0 Å². The first kappa shape index (κ1) is 10.5. The number of H-pyrrole nitrogens is 1. The number of aromatic nitrogens is 2. The van der Waals surface area contributed by atoms with E-state index in [1.54, 1.807) is 0 Å². The van der Waals surface area contributed by atoms with Crippen molar-refractivity contribution < 1.29 is 0 Å². The summed E-state index contributed by atoms with van der Waals surface area (Å²) in [6.07, 6.45) is 1.01. The van der Waals surface area contributed by atoms with Crippen LogP contribution >= 0.6 is 0 Å². The smallest absolute Gasteiger partial charge is 0.0924 e. The second kappa shape index (κ2) is 3.20. The van der Waals surface area contributed by atoms with Crippen molar-refractivity contribution in [1.82, 2.24) is 10.2 Å². The maximum atomic E-state index is 6.37. The van der Waals surface area contributed by atoms with Crippen LogP contribution in [-0.4, -0.2) is 10.2 Å². The fraction of sp³-hybridized carbons (Fsp3) is 0.357. The Morgan fingerprint density at radius 1 is 1.24 bits per heavy atom. The van der Waals surface area contributed by atoms with Crippen molar-refractivity contribution in [1.29, 1.82) is 0 Å². The predicted molar refractivity (Wildman–Crippen MR) is 68.3 cm³/mol. The van der Waals surface area contributed by atoms with Gasteiger partial charge in [0, 0.05) is 5.56 Å². The standard InChI is InChI=1S/C14H17N3/c1-13(2)9-14(13,15)12-8-11(16-17-12)10-6-4-3-5-7-10/h3-8H,9,15H2,1-2H3,(H,16,17). The maximum Gasteiger partial charge on any atom is 0.0924 e. The lowest BCUT2D eigenvalue weighted by Gasteiger charge is -2.11. The first-order chi connectivity index (χ1) is 8.03. The van der Waals surface area contributed by atoms with Crippen LogP contribution in [0.4, 0.5) is 0 Å². The Bertz CT molecular complexity index is 542. The van der Waals surface area contributed by atoms with E-state index in [4.69, 9.17) is 5.73 Å². The highest BCUT2D eigenvalue weighted by molar-refractivity contribution is 5.59. The highest BCUT2D eigenvalue weighted by Gasteiger charge is 2.60. The number of benzene rings is 1. The zero-order valence-electron chi connectivity index (χ0n) is 10.2. The summed E-state index contributed by atoms with van der Waals surface area (Å²) in [4.78, 5) is 0. The van der Waals surface area contributed by atoms with Crippen molar-refractivity contribution in [3.8, 4) is 11.3 Å². The molecule has 3 rings (SSSR count). The lowest BCUT2D eigenvalue weighted by molar-refractivity contribution is 0.499. The van der Waals surface area contributed by atoms with Gasteiger partial charge < -0.3 is 5.73 Å². The molecule has 1 saturated carbocycles. The highest BCUT2D eigenvalue weighted by atomic mass is 15.2. The number of aromatic amines is 1. The van der Waals surface area contributed by atoms with E-state index in [0.717, 1.165) is 23.4 Å². The van der Waals surface area contributed by atoms with Crippen LogP contribution in [0.3, 0.4) is 0 Å². The Morgan fingerprint density at radius 2 is 1.88 bits per heavy atom. The molecule has 1 heterocycles. The van der Waals surface area contributed by atoms with E-state index in [2.05, 4.69) is 42.2 Å². The van der Waals surface area contributed by atoms with Gasteiger partial charge in [-0.2, -0.15) is 5.10 Å². The second-order valence-corrected chi connectivity index (χ2v) is 5.56. The lowest BCUT2D eigenvalue weighted by Crippen LogP contribution is -2.25. The van der Waals surface area contributed by atoms with E-state index < -0.39 is 0 Å². The molecule has 1 atom stereocenters. The minimum absolute atomic E-state index is 0.174. The van der Waals surface area contributed by atoms with Gasteiger partial charge in [-0.15, -0.1) is 0 Å². The van der Waals surface area contributed by atoms with E-state index in [9.17, 15) is 0 Å². The van der Waals surface area contributed by atoms with Crippen LogP contribution < -0.4 is 5.73 Å². The molecule has 1 fully saturated rings. The Hall–Kier alpha value is -1.61. The summed E-state index contributed by atoms with van der Waals surface area (Å²) < 4.78 is 0. The first-order valence-electron chi connectivity index (χ1n) is 5.93. The summed E-state index contributed by atoms with van der Waals surface area (Å²) in [6, 6.07) is 12.2. The van der Waals surface area contributed by atoms with Crippen molar-refractivity contribution >= 4 is 0 Å². The summed E-state index contributed by atoms with van der Waals surface area (Å²) in [7, 11) is 0. The molecule has 0 bridgehead atoms. The van der Waals surface area contributed by atoms with Crippen LogP contribution in [0.1, 0.15) is 26.0 Å². The van der Waals surface area contributed by atoms with Gasteiger partial charge in [-0.25, -0.2) is 0 Å². The van der Waals surface area contributed by atoms with E-state index in [1.807, 2.05) is 18.2 Å². The van der Waals surface area contributed by atoms with Crippen molar-refractivity contribution in [2.75, 3.05) is 0 Å². The molecule has 3 heteroatoms. The first-order valence-corrected chi connectivity index (χ1v) is 5.93. The Kier molecular flexibility index (Phi) is 1.98. The van der Waals surface area contributed by atoms with Crippen molar-refractivity contribution in [2.45, 2.75) is 25.8 Å². The molecule has 17 heavy (non-hydrogen) atoms. The number of hydrogen-bond donors (Lipinski definition) is 2. The summed E-state index contributed by atoms with van der Waals surface area (Å²) in [6.45, 7) is 4.38. The van der Waals surface area contributed by atoms with Crippen molar-refractivity contribution in [3.05, 3.63) is 42.1 Å². The van der Waals surface area contributed by atoms with Gasteiger partial charge in [0.2, 0.25) is 0 Å². The van der Waals surface area contributed by atoms with Gasteiger partial charge in [0.05, 0.1) is 16.9 Å². The number of nitrogens with two attached hydrogens (primary N) is 1. The van der Waals surface area contributed by atoms with Gasteiger partial charge in [-0.05, 0) is 17.9 Å². The predicted octanol–water partition coefficient (Wildman–Crippen LogP) is 2.66. The van der Waals surface area contributed by atoms with E-state index in [1.165, 1.54) is 0 Å². The van der Waals surface area contributed by atoms with Gasteiger partial charge in [0.25, 0.3) is 0 Å². The molecule has 1 aliphatic rings. The molecule has 1 unspecified atom stereocenters. The minimum atomic E-state index is -0.229. The van der Waals surface area contributed by atoms with Crippen LogP contribution in [0.2, 0.25) is 0 Å². The number of nitrogens with zero attached hydrogens (tertiary/aromatic N) is 1. The topological polar surface area (TPSA) is 54.7 Å². The van der Waals surface area contributed by atoms with E-state index in [0.29, 0.717) is 0 Å². The van der Waals surface area contributed by atoms with Gasteiger partial charge >= 0.3 is 0 Å². The quantitative estimate of drug-likeness (QED) is 0.828. The molecule has 0 radical (unpaired) electrons. The highest BCUT2D eigenvalue weighted by Crippen LogP contribution is 2.59. The largest absolute Gasteiger partial charge is 0.320 e. The summed E-state index contributed by atoms with van der Waals surface area (Å²) in [5, 5.41) is 7.44. The summed E-state index contributed by atoms with van der Waals surface area (Å²) in [5.74, 6) is 0. The van der Waals surface area contributed by atoms with Gasteiger partial charge in [-0.1, -0.05) is 44.2 Å². The average molecular weight is 227 g/mol. The second-order valence-electron chi connectivity index (χ2n) is 5.56. The molecule has 0 aliphatic heterocycles. The van der Waals surface area contributed by atoms with Gasteiger partial charge in [0.15, 0.2) is 0 Å². The fourth-order valence-corrected chi connectivity index (χ4v) is 2.42. The lowest BCUT2D eigenvalue weighted by atomic mass is 10.0. The van der Waals surface area contributed by atoms with Crippen LogP contribution in [0.25, 0.3) is 11.3 Å². The van der Waals surface area contributed by atoms with Gasteiger partial charge in [0.1, 0.15) is 0 Å². The molecule has 2 aromatic rings. The fourth-order valence-electron chi connectivity index (χ4n) is 2.42. The molecule has 0 saturated heterocycles. The van der Waals surface area contributed by atoms with Crippen molar-refractivity contribution in [2.24, 2.45) is 11.1 Å². The summed E-state index contributed by atoms with van der Waals surface area (Å²) >= 11 is 0. The van der Waals surface area contributed by atoms with Crippen LogP contribution in [0.15, 0.2) is 36.4 Å². The molecule has 3 nitrogen and oxygen atoms in total. The molecular formula is C14H17N3. The van der Waals surface area contributed by atoms with Gasteiger partial charge in [-0.3, -0.25) is 5.10 Å². The average Bonchev–Trinajstić information content (AvgIpc) is 2.72. The maximum absolute atomic E-state index is 6.37. The van der Waals surface area contributed by atoms with Crippen molar-refractivity contribution in [3.63, 3.8) is 0 Å². The van der Waals surface area contributed by atoms with E-state index >= 15 is 0 Å². The molecule has 88 valence electrons. The molecule has 0 amide bonds. The molecule has 1 aromatic heterocycles. The molecule has 1 aliphatic carbocycles. The Labute approximate surface area is 101 Å². The number of rotatable bonds is 2. The molecular weight excluding hydrogens is 210 g/mol. The monoisotopic (exact) mass is 227 g/mol. The Balaban J connectivity index is 1.95. The third-order valence-corrected chi connectivity index (χ3v) is 3.93. The zero-order chi connectivity index (χ0) is 12.1. The Morgan fingerprint density at radius 3 is 2.47 bits per heavy atom. The zero-order valence-corrected chi connectivity index (χ0v) is 10.2. The normalized spacial score (nSPS) is 25.8. The third kappa shape index (κ3) is 1.50. The number of nitrogens with one attached hydrogen (secondary N) is 1. The van der Waals surface area contributed by atoms with Crippen LogP contribution in [-0.2, 0) is 5.54 Å². The summed E-state index contributed by atoms with van der Waals surface area (Å²) in [5.41, 5.74) is 9.44. The van der Waals surface area contributed by atoms with Crippen LogP contribution in [0, 0.1) is 5.41 Å². The third-order valence-electron chi connectivity index (χ3n) is 3.93. The molecule has 1 aromatic carbocycles. The van der Waals surface area contributed by atoms with E-state index in [-0.39, 0.29) is 11.0 Å². The molecule has 0 spiro atoms. The minimum Gasteiger partial charge on any atom is -0.320 e. The number of hydrogen-bond acceptors (Lipinski definition) is 2. The molecule has 3 N–H and O–H groups in total.